The van der Waals surface area contributed by atoms with E-state index in [0.717, 1.165) is 23.4 Å². The summed E-state index contributed by atoms with van der Waals surface area (Å²) in [6.07, 6.45) is 4.96. The molecule has 22 heavy (non-hydrogen) atoms. The van der Waals surface area contributed by atoms with Crippen molar-refractivity contribution in [3.63, 3.8) is 0 Å². The molecule has 1 aliphatic heterocycles. The van der Waals surface area contributed by atoms with E-state index < -0.39 is 0 Å². The van der Waals surface area contributed by atoms with Crippen LogP contribution in [0.15, 0.2) is 18.2 Å². The van der Waals surface area contributed by atoms with Gasteiger partial charge in [-0.3, -0.25) is 4.79 Å². The van der Waals surface area contributed by atoms with Crippen LogP contribution in [-0.4, -0.2) is 24.7 Å². The van der Waals surface area contributed by atoms with Crippen LogP contribution in [0.2, 0.25) is 5.02 Å². The molecule has 3 rings (SSSR count). The minimum absolute atomic E-state index is 0.0648. The van der Waals surface area contributed by atoms with E-state index in [0.29, 0.717) is 23.5 Å². The monoisotopic (exact) mass is 321 g/mol. The van der Waals surface area contributed by atoms with Crippen LogP contribution < -0.4 is 5.32 Å². The van der Waals surface area contributed by atoms with Crippen molar-refractivity contribution in [2.24, 2.45) is 11.8 Å². The molecule has 4 unspecified atom stereocenters. The maximum absolute atomic E-state index is 11.8. The number of amides is 1. The van der Waals surface area contributed by atoms with E-state index in [9.17, 15) is 4.79 Å². The molecule has 0 aromatic heterocycles. The quantitative estimate of drug-likeness (QED) is 0.856. The lowest BCUT2D eigenvalue weighted by Crippen LogP contribution is -2.27. The molecule has 2 aliphatic rings. The number of hydrogen-bond donors (Lipinski definition) is 1. The van der Waals surface area contributed by atoms with Crippen LogP contribution in [0.1, 0.15) is 49.0 Å². The Morgan fingerprint density at radius 1 is 1.50 bits per heavy atom. The molecule has 4 heteroatoms. The number of benzene rings is 1. The van der Waals surface area contributed by atoms with E-state index in [1.165, 1.54) is 12.8 Å². The van der Waals surface area contributed by atoms with Gasteiger partial charge in [-0.1, -0.05) is 18.5 Å². The highest BCUT2D eigenvalue weighted by molar-refractivity contribution is 6.31. The van der Waals surface area contributed by atoms with E-state index in [1.54, 1.807) is 13.1 Å². The molecule has 1 aromatic carbocycles. The van der Waals surface area contributed by atoms with Gasteiger partial charge in [0.15, 0.2) is 0 Å². The van der Waals surface area contributed by atoms with Gasteiger partial charge in [-0.2, -0.15) is 0 Å². The summed E-state index contributed by atoms with van der Waals surface area (Å²) in [6, 6.07) is 5.54. The molecule has 1 saturated heterocycles. The predicted octanol–water partition coefficient (Wildman–Crippen LogP) is 3.84. The van der Waals surface area contributed by atoms with Gasteiger partial charge in [-0.25, -0.2) is 0 Å². The van der Waals surface area contributed by atoms with Crippen molar-refractivity contribution in [3.8, 4) is 0 Å². The molecule has 2 fully saturated rings. The fourth-order valence-corrected chi connectivity index (χ4v) is 4.03. The van der Waals surface area contributed by atoms with Gasteiger partial charge in [0.2, 0.25) is 0 Å². The second-order valence-corrected chi connectivity index (χ2v) is 7.43. The number of hydrogen-bond acceptors (Lipinski definition) is 2. The highest BCUT2D eigenvalue weighted by Gasteiger charge is 2.55. The van der Waals surface area contributed by atoms with Gasteiger partial charge in [0.25, 0.3) is 5.91 Å². The normalized spacial score (nSPS) is 31.3. The number of carbonyl (C=O) groups is 1. The van der Waals surface area contributed by atoms with Gasteiger partial charge in [-0.05, 0) is 68.2 Å². The van der Waals surface area contributed by atoms with E-state index in [1.807, 2.05) is 12.1 Å². The molecule has 1 N–H and O–H groups in total. The Balaban J connectivity index is 1.70. The molecule has 4 atom stereocenters. The predicted molar refractivity (Wildman–Crippen MR) is 88.3 cm³/mol. The Labute approximate surface area is 137 Å². The van der Waals surface area contributed by atoms with Crippen molar-refractivity contribution >= 4 is 17.5 Å². The Bertz CT molecular complexity index is 588. The third kappa shape index (κ3) is 3.02. The third-order valence-corrected chi connectivity index (χ3v) is 5.75. The summed E-state index contributed by atoms with van der Waals surface area (Å²) >= 11 is 6.33. The SMILES string of the molecule is CNC(=O)c1ccc(Cl)c(CC(C)C2CCC3OC3(C)C2)c1. The molecule has 1 aliphatic carbocycles. The minimum Gasteiger partial charge on any atom is -0.366 e. The van der Waals surface area contributed by atoms with Crippen LogP contribution in [0.25, 0.3) is 0 Å². The molecule has 1 aromatic rings. The maximum atomic E-state index is 11.8. The lowest BCUT2D eigenvalue weighted by atomic mass is 9.74. The first kappa shape index (κ1) is 15.8. The first-order chi connectivity index (χ1) is 10.4. The molecule has 1 heterocycles. The number of carbonyl (C=O) groups excluding carboxylic acids is 1. The lowest BCUT2D eigenvalue weighted by Gasteiger charge is -2.29. The number of ether oxygens (including phenoxy) is 1. The Hall–Kier alpha value is -1.06. The second kappa shape index (κ2) is 5.86. The summed E-state index contributed by atoms with van der Waals surface area (Å²) in [6.45, 7) is 4.52. The zero-order valence-corrected chi connectivity index (χ0v) is 14.2. The first-order valence-electron chi connectivity index (χ1n) is 8.11. The summed E-state index contributed by atoms with van der Waals surface area (Å²) in [5.74, 6) is 1.15. The Kier molecular flexibility index (Phi) is 4.21. The van der Waals surface area contributed by atoms with Gasteiger partial charge >= 0.3 is 0 Å². The number of epoxide rings is 1. The summed E-state index contributed by atoms with van der Waals surface area (Å²) in [5.41, 5.74) is 1.87. The topological polar surface area (TPSA) is 41.6 Å². The molecular weight excluding hydrogens is 298 g/mol. The maximum Gasteiger partial charge on any atom is 0.251 e. The summed E-state index contributed by atoms with van der Waals surface area (Å²) in [7, 11) is 1.65. The van der Waals surface area contributed by atoms with Crippen molar-refractivity contribution in [1.29, 1.82) is 0 Å². The highest BCUT2D eigenvalue weighted by Crippen LogP contribution is 2.51. The van der Waals surface area contributed by atoms with Crippen LogP contribution in [0.5, 0.6) is 0 Å². The third-order valence-electron chi connectivity index (χ3n) is 5.38. The van der Waals surface area contributed by atoms with Crippen molar-refractivity contribution < 1.29 is 9.53 Å². The number of nitrogens with one attached hydrogen (secondary N) is 1. The molecule has 0 spiro atoms. The molecule has 120 valence electrons. The average molecular weight is 322 g/mol. The van der Waals surface area contributed by atoms with Gasteiger partial charge in [0, 0.05) is 17.6 Å². The molecular formula is C18H24ClNO2. The fraction of sp³-hybridized carbons (Fsp3) is 0.611. The van der Waals surface area contributed by atoms with E-state index >= 15 is 0 Å². The molecule has 1 amide bonds. The van der Waals surface area contributed by atoms with Gasteiger partial charge in [-0.15, -0.1) is 0 Å². The lowest BCUT2D eigenvalue weighted by molar-refractivity contribution is 0.0963. The van der Waals surface area contributed by atoms with Gasteiger partial charge in [0.05, 0.1) is 11.7 Å². The largest absolute Gasteiger partial charge is 0.366 e. The fourth-order valence-electron chi connectivity index (χ4n) is 3.84. The van der Waals surface area contributed by atoms with Gasteiger partial charge < -0.3 is 10.1 Å². The first-order valence-corrected chi connectivity index (χ1v) is 8.49. The van der Waals surface area contributed by atoms with Gasteiger partial charge in [0.1, 0.15) is 0 Å². The van der Waals surface area contributed by atoms with Crippen molar-refractivity contribution in [2.45, 2.75) is 51.2 Å². The van der Waals surface area contributed by atoms with E-state index in [4.69, 9.17) is 16.3 Å². The second-order valence-electron chi connectivity index (χ2n) is 7.03. The van der Waals surface area contributed by atoms with Crippen LogP contribution in [-0.2, 0) is 11.2 Å². The molecule has 3 nitrogen and oxygen atoms in total. The number of fused-ring (bicyclic) bond motifs is 1. The van der Waals surface area contributed by atoms with Crippen molar-refractivity contribution in [2.75, 3.05) is 7.05 Å². The van der Waals surface area contributed by atoms with Crippen LogP contribution in [0, 0.1) is 11.8 Å². The van der Waals surface area contributed by atoms with Crippen LogP contribution >= 0.6 is 11.6 Å². The zero-order valence-electron chi connectivity index (χ0n) is 13.5. The minimum atomic E-state index is -0.0648. The smallest absolute Gasteiger partial charge is 0.251 e. The van der Waals surface area contributed by atoms with Crippen molar-refractivity contribution in [3.05, 3.63) is 34.3 Å². The highest BCUT2D eigenvalue weighted by atomic mass is 35.5. The standard InChI is InChI=1S/C18H24ClNO2/c1-11(13-5-7-16-18(2,10-13)22-16)8-14-9-12(17(21)20-3)4-6-15(14)19/h4,6,9,11,13,16H,5,7-8,10H2,1-3H3,(H,20,21). The Morgan fingerprint density at radius 3 is 2.95 bits per heavy atom. The van der Waals surface area contributed by atoms with E-state index in [2.05, 4.69) is 19.2 Å². The molecule has 0 bridgehead atoms. The van der Waals surface area contributed by atoms with Crippen LogP contribution in [0.4, 0.5) is 0 Å². The summed E-state index contributed by atoms with van der Waals surface area (Å²) in [4.78, 5) is 11.8. The van der Waals surface area contributed by atoms with Crippen molar-refractivity contribution in [1.82, 2.24) is 5.32 Å². The zero-order chi connectivity index (χ0) is 15.9. The number of rotatable bonds is 4. The summed E-state index contributed by atoms with van der Waals surface area (Å²) in [5, 5.41) is 3.41. The average Bonchev–Trinajstić information content (AvgIpc) is 3.19. The Morgan fingerprint density at radius 2 is 2.27 bits per heavy atom. The van der Waals surface area contributed by atoms with Crippen LogP contribution in [0.3, 0.4) is 0 Å². The molecule has 0 radical (unpaired) electrons. The summed E-state index contributed by atoms with van der Waals surface area (Å²) < 4.78 is 5.81. The number of halogens is 1. The van der Waals surface area contributed by atoms with E-state index in [-0.39, 0.29) is 11.5 Å². The molecule has 1 saturated carbocycles.